The van der Waals surface area contributed by atoms with Gasteiger partial charge in [0.25, 0.3) is 0 Å². The number of nitrogens with one attached hydrogen (secondary N) is 1. The number of para-hydroxylation sites is 2. The van der Waals surface area contributed by atoms with E-state index in [0.717, 1.165) is 57.9 Å². The molecule has 0 unspecified atom stereocenters. The second-order valence-corrected chi connectivity index (χ2v) is 10.2. The van der Waals surface area contributed by atoms with Crippen molar-refractivity contribution in [3.63, 3.8) is 0 Å². The van der Waals surface area contributed by atoms with Crippen LogP contribution in [0.25, 0.3) is 27.4 Å². The van der Waals surface area contributed by atoms with Crippen LogP contribution in [0, 0.1) is 11.3 Å². The lowest BCUT2D eigenvalue weighted by atomic mass is 10.1. The molecule has 3 aromatic carbocycles. The minimum Gasteiger partial charge on any atom is -0.326 e. The number of nitrogens with zero attached hydrogens (tertiary/aromatic N) is 4. The maximum absolute atomic E-state index is 12.4. The van der Waals surface area contributed by atoms with E-state index in [9.17, 15) is 4.79 Å². The van der Waals surface area contributed by atoms with Crippen molar-refractivity contribution in [3.05, 3.63) is 94.6 Å². The lowest BCUT2D eigenvalue weighted by Gasteiger charge is -2.06. The Labute approximate surface area is 224 Å². The highest BCUT2D eigenvalue weighted by atomic mass is 35.5. The third-order valence-electron chi connectivity index (χ3n) is 6.04. The Balaban J connectivity index is 1.27. The standard InChI is InChI=1S/C29H24ClN5OS/c30-22-13-11-21(12-14-22)28-26(37-29(34-28)35-19-32-24-5-1-2-6-25(24)35)7-3-4-8-27(36)33-23-15-9-20(10-16-23)17-18-31/h1-2,5-6,9-16,19H,3-4,7-8,17H2,(H,33,36). The average Bonchev–Trinajstić information content (AvgIpc) is 3.53. The first-order valence-corrected chi connectivity index (χ1v) is 13.2. The minimum atomic E-state index is -0.0131. The van der Waals surface area contributed by atoms with Gasteiger partial charge in [0.1, 0.15) is 6.33 Å². The van der Waals surface area contributed by atoms with Crippen molar-refractivity contribution in [2.75, 3.05) is 5.32 Å². The first-order valence-electron chi connectivity index (χ1n) is 12.0. The maximum atomic E-state index is 12.4. The van der Waals surface area contributed by atoms with Gasteiger partial charge in [-0.3, -0.25) is 9.36 Å². The lowest BCUT2D eigenvalue weighted by molar-refractivity contribution is -0.116. The number of carbonyl (C=O) groups is 1. The highest BCUT2D eigenvalue weighted by molar-refractivity contribution is 7.14. The van der Waals surface area contributed by atoms with Crippen LogP contribution < -0.4 is 5.32 Å². The van der Waals surface area contributed by atoms with Crippen LogP contribution in [0.1, 0.15) is 29.7 Å². The molecule has 0 aliphatic rings. The number of nitriles is 1. The molecule has 0 aliphatic carbocycles. The van der Waals surface area contributed by atoms with E-state index in [0.29, 0.717) is 17.9 Å². The quantitative estimate of drug-likeness (QED) is 0.206. The van der Waals surface area contributed by atoms with Crippen molar-refractivity contribution >= 4 is 45.6 Å². The van der Waals surface area contributed by atoms with Gasteiger partial charge in [-0.15, -0.1) is 11.3 Å². The number of imidazole rings is 1. The summed E-state index contributed by atoms with van der Waals surface area (Å²) in [5.74, 6) is -0.0131. The third-order valence-corrected chi connectivity index (χ3v) is 7.41. The van der Waals surface area contributed by atoms with Crippen LogP contribution in [0.5, 0.6) is 0 Å². The molecule has 0 saturated heterocycles. The van der Waals surface area contributed by atoms with E-state index in [1.54, 1.807) is 11.3 Å². The zero-order valence-electron chi connectivity index (χ0n) is 20.0. The molecule has 0 aliphatic heterocycles. The molecule has 5 aromatic rings. The fraction of sp³-hybridized carbons (Fsp3) is 0.172. The number of unbranched alkanes of at least 4 members (excludes halogenated alkanes) is 1. The van der Waals surface area contributed by atoms with Crippen molar-refractivity contribution in [2.45, 2.75) is 32.1 Å². The summed E-state index contributed by atoms with van der Waals surface area (Å²) in [4.78, 5) is 23.1. The van der Waals surface area contributed by atoms with Crippen molar-refractivity contribution in [3.8, 4) is 22.5 Å². The predicted octanol–water partition coefficient (Wildman–Crippen LogP) is 7.22. The Hall–Kier alpha value is -3.99. The first-order chi connectivity index (χ1) is 18.1. The van der Waals surface area contributed by atoms with Crippen LogP contribution in [0.15, 0.2) is 79.1 Å². The van der Waals surface area contributed by atoms with E-state index in [4.69, 9.17) is 21.8 Å². The summed E-state index contributed by atoms with van der Waals surface area (Å²) in [6, 6.07) is 25.3. The smallest absolute Gasteiger partial charge is 0.224 e. The highest BCUT2D eigenvalue weighted by Crippen LogP contribution is 2.33. The number of anilines is 1. The number of hydrogen-bond acceptors (Lipinski definition) is 5. The van der Waals surface area contributed by atoms with Crippen molar-refractivity contribution < 1.29 is 4.79 Å². The van der Waals surface area contributed by atoms with Gasteiger partial charge in [0.2, 0.25) is 5.91 Å². The number of benzene rings is 3. The van der Waals surface area contributed by atoms with E-state index >= 15 is 0 Å². The molecular weight excluding hydrogens is 502 g/mol. The van der Waals surface area contributed by atoms with Gasteiger partial charge >= 0.3 is 0 Å². The monoisotopic (exact) mass is 525 g/mol. The Bertz CT molecular complexity index is 1560. The Morgan fingerprint density at radius 1 is 1.03 bits per heavy atom. The van der Waals surface area contributed by atoms with E-state index in [2.05, 4.69) is 16.4 Å². The molecular formula is C29H24ClN5OS. The number of hydrogen-bond donors (Lipinski definition) is 1. The normalized spacial score (nSPS) is 10.9. The van der Waals surface area contributed by atoms with E-state index < -0.39 is 0 Å². The van der Waals surface area contributed by atoms with Crippen molar-refractivity contribution in [1.29, 1.82) is 5.26 Å². The third kappa shape index (κ3) is 5.88. The fourth-order valence-corrected chi connectivity index (χ4v) is 5.38. The van der Waals surface area contributed by atoms with Gasteiger partial charge in [0.05, 0.1) is 29.2 Å². The molecule has 0 radical (unpaired) electrons. The largest absolute Gasteiger partial charge is 0.326 e. The second-order valence-electron chi connectivity index (χ2n) is 8.67. The van der Waals surface area contributed by atoms with Gasteiger partial charge in [-0.1, -0.05) is 48.0 Å². The fourth-order valence-electron chi connectivity index (χ4n) is 4.15. The van der Waals surface area contributed by atoms with Gasteiger partial charge in [0.15, 0.2) is 5.13 Å². The van der Waals surface area contributed by atoms with Crippen LogP contribution >= 0.6 is 22.9 Å². The summed E-state index contributed by atoms with van der Waals surface area (Å²) in [5, 5.41) is 13.3. The molecule has 8 heteroatoms. The first kappa shape index (κ1) is 24.7. The number of aromatic nitrogens is 3. The summed E-state index contributed by atoms with van der Waals surface area (Å²) >= 11 is 7.77. The molecule has 37 heavy (non-hydrogen) atoms. The number of carbonyl (C=O) groups excluding carboxylic acids is 1. The number of thiazole rings is 1. The summed E-state index contributed by atoms with van der Waals surface area (Å²) < 4.78 is 2.03. The molecule has 0 atom stereocenters. The summed E-state index contributed by atoms with van der Waals surface area (Å²) in [6.45, 7) is 0. The number of amides is 1. The predicted molar refractivity (Wildman–Crippen MR) is 149 cm³/mol. The van der Waals surface area contributed by atoms with Crippen LogP contribution in [-0.2, 0) is 17.6 Å². The molecule has 0 bridgehead atoms. The molecule has 1 amide bonds. The van der Waals surface area contributed by atoms with Crippen molar-refractivity contribution in [1.82, 2.24) is 14.5 Å². The average molecular weight is 526 g/mol. The molecule has 5 rings (SSSR count). The van der Waals surface area contributed by atoms with Crippen LogP contribution in [-0.4, -0.2) is 20.4 Å². The zero-order chi connectivity index (χ0) is 25.6. The van der Waals surface area contributed by atoms with E-state index in [1.165, 1.54) is 4.88 Å². The SMILES string of the molecule is N#CCc1ccc(NC(=O)CCCCc2sc(-n3cnc4ccccc43)nc2-c2ccc(Cl)cc2)cc1. The zero-order valence-corrected chi connectivity index (χ0v) is 21.6. The molecule has 0 saturated carbocycles. The van der Waals surface area contributed by atoms with E-state index in [-0.39, 0.29) is 5.91 Å². The van der Waals surface area contributed by atoms with Crippen LogP contribution in [0.2, 0.25) is 5.02 Å². The maximum Gasteiger partial charge on any atom is 0.224 e. The topological polar surface area (TPSA) is 83.6 Å². The minimum absolute atomic E-state index is 0.0131. The van der Waals surface area contributed by atoms with Gasteiger partial charge in [-0.25, -0.2) is 9.97 Å². The summed E-state index contributed by atoms with van der Waals surface area (Å²) in [6.07, 6.45) is 5.06. The van der Waals surface area contributed by atoms with Crippen LogP contribution in [0.4, 0.5) is 5.69 Å². The number of halogens is 1. The van der Waals surface area contributed by atoms with Gasteiger partial charge in [-0.05, 0) is 61.2 Å². The van der Waals surface area contributed by atoms with Crippen LogP contribution in [0.3, 0.4) is 0 Å². The number of aryl methyl sites for hydroxylation is 1. The van der Waals surface area contributed by atoms with Crippen molar-refractivity contribution in [2.24, 2.45) is 0 Å². The summed E-state index contributed by atoms with van der Waals surface area (Å²) in [7, 11) is 0. The van der Waals surface area contributed by atoms with Gasteiger partial charge in [-0.2, -0.15) is 5.26 Å². The molecule has 184 valence electrons. The Kier molecular flexibility index (Phi) is 7.59. The number of rotatable bonds is 9. The molecule has 2 aromatic heterocycles. The molecule has 2 heterocycles. The van der Waals surface area contributed by atoms with Gasteiger partial charge < -0.3 is 5.32 Å². The number of fused-ring (bicyclic) bond motifs is 1. The molecule has 6 nitrogen and oxygen atoms in total. The van der Waals surface area contributed by atoms with Gasteiger partial charge in [0, 0.05) is 27.6 Å². The molecule has 1 N–H and O–H groups in total. The summed E-state index contributed by atoms with van der Waals surface area (Å²) in [5.41, 5.74) is 5.59. The Morgan fingerprint density at radius 2 is 1.81 bits per heavy atom. The Morgan fingerprint density at radius 3 is 2.59 bits per heavy atom. The lowest BCUT2D eigenvalue weighted by Crippen LogP contribution is -2.11. The second kappa shape index (κ2) is 11.4. The highest BCUT2D eigenvalue weighted by Gasteiger charge is 2.16. The molecule has 0 fully saturated rings. The van der Waals surface area contributed by atoms with E-state index in [1.807, 2.05) is 83.7 Å². The molecule has 0 spiro atoms.